The molecule has 0 saturated carbocycles. The van der Waals surface area contributed by atoms with Gasteiger partial charge in [-0.1, -0.05) is 91.0 Å². The monoisotopic (exact) mass is 436 g/mol. The van der Waals surface area contributed by atoms with Crippen LogP contribution in [0.5, 0.6) is 0 Å². The molecule has 0 aliphatic carbocycles. The summed E-state index contributed by atoms with van der Waals surface area (Å²) in [6.07, 6.45) is 2.83. The second-order valence-corrected chi connectivity index (χ2v) is 8.62. The van der Waals surface area contributed by atoms with Crippen LogP contribution in [0.25, 0.3) is 11.3 Å². The van der Waals surface area contributed by atoms with Crippen molar-refractivity contribution < 1.29 is 4.79 Å². The number of benzene rings is 3. The summed E-state index contributed by atoms with van der Waals surface area (Å²) < 4.78 is 1.86. The van der Waals surface area contributed by atoms with Gasteiger partial charge in [-0.05, 0) is 17.5 Å². The molecule has 1 saturated heterocycles. The van der Waals surface area contributed by atoms with Gasteiger partial charge in [-0.25, -0.2) is 0 Å². The molecule has 4 aromatic rings. The van der Waals surface area contributed by atoms with Gasteiger partial charge in [0.1, 0.15) is 5.69 Å². The molecular formula is C28H28N4O. The third kappa shape index (κ3) is 5.21. The number of rotatable bonds is 7. The van der Waals surface area contributed by atoms with Crippen LogP contribution in [0.1, 0.15) is 27.9 Å². The van der Waals surface area contributed by atoms with Crippen LogP contribution in [0, 0.1) is 0 Å². The van der Waals surface area contributed by atoms with Crippen molar-refractivity contribution in [1.82, 2.24) is 20.0 Å². The minimum atomic E-state index is -0.0558. The zero-order chi connectivity index (χ0) is 22.5. The van der Waals surface area contributed by atoms with Crippen LogP contribution in [0.2, 0.25) is 0 Å². The molecule has 33 heavy (non-hydrogen) atoms. The van der Waals surface area contributed by atoms with Gasteiger partial charge in [0.05, 0.1) is 12.1 Å². The van der Waals surface area contributed by atoms with Crippen LogP contribution >= 0.6 is 0 Å². The lowest BCUT2D eigenvalue weighted by Gasteiger charge is -2.16. The highest BCUT2D eigenvalue weighted by molar-refractivity contribution is 6.00. The van der Waals surface area contributed by atoms with E-state index in [1.807, 2.05) is 65.5 Å². The van der Waals surface area contributed by atoms with Crippen molar-refractivity contribution in [2.75, 3.05) is 13.1 Å². The fourth-order valence-corrected chi connectivity index (χ4v) is 4.45. The molecule has 0 bridgehead atoms. The van der Waals surface area contributed by atoms with Gasteiger partial charge in [-0.3, -0.25) is 14.4 Å². The van der Waals surface area contributed by atoms with Crippen molar-refractivity contribution in [3.05, 3.63) is 114 Å². The molecule has 0 spiro atoms. The number of hydrogen-bond acceptors (Lipinski definition) is 3. The van der Waals surface area contributed by atoms with E-state index in [-0.39, 0.29) is 11.9 Å². The van der Waals surface area contributed by atoms with E-state index in [2.05, 4.69) is 46.6 Å². The van der Waals surface area contributed by atoms with Crippen LogP contribution in [0.15, 0.2) is 97.2 Å². The van der Waals surface area contributed by atoms with Crippen molar-refractivity contribution in [3.8, 4) is 11.3 Å². The summed E-state index contributed by atoms with van der Waals surface area (Å²) in [5.41, 5.74) is 4.75. The predicted octanol–water partition coefficient (Wildman–Crippen LogP) is 4.60. The topological polar surface area (TPSA) is 50.2 Å². The summed E-state index contributed by atoms with van der Waals surface area (Å²) in [5.74, 6) is -0.0558. The third-order valence-electron chi connectivity index (χ3n) is 6.10. The van der Waals surface area contributed by atoms with E-state index in [1.165, 1.54) is 5.56 Å². The molecule has 166 valence electrons. The second-order valence-electron chi connectivity index (χ2n) is 8.62. The fraction of sp³-hybridized carbons (Fsp3) is 0.214. The first-order chi connectivity index (χ1) is 16.2. The smallest absolute Gasteiger partial charge is 0.255 e. The van der Waals surface area contributed by atoms with E-state index in [9.17, 15) is 4.79 Å². The number of nitrogens with zero attached hydrogens (tertiary/aromatic N) is 3. The first-order valence-electron chi connectivity index (χ1n) is 11.5. The van der Waals surface area contributed by atoms with Gasteiger partial charge < -0.3 is 5.32 Å². The summed E-state index contributed by atoms with van der Waals surface area (Å²) in [5, 5.41) is 8.05. The van der Waals surface area contributed by atoms with Gasteiger partial charge in [0.2, 0.25) is 0 Å². The van der Waals surface area contributed by atoms with Crippen LogP contribution in [0.4, 0.5) is 0 Å². The Morgan fingerprint density at radius 3 is 2.12 bits per heavy atom. The number of amides is 1. The Labute approximate surface area is 194 Å². The fourth-order valence-electron chi connectivity index (χ4n) is 4.45. The average molecular weight is 437 g/mol. The number of nitrogens with one attached hydrogen (secondary N) is 1. The molecular weight excluding hydrogens is 408 g/mol. The summed E-state index contributed by atoms with van der Waals surface area (Å²) in [6, 6.07) is 30.8. The van der Waals surface area contributed by atoms with Crippen LogP contribution in [-0.4, -0.2) is 39.7 Å². The molecule has 1 aliphatic rings. The lowest BCUT2D eigenvalue weighted by molar-refractivity contribution is 0.0938. The zero-order valence-corrected chi connectivity index (χ0v) is 18.6. The quantitative estimate of drug-likeness (QED) is 0.461. The lowest BCUT2D eigenvalue weighted by atomic mass is 10.1. The largest absolute Gasteiger partial charge is 0.348 e. The van der Waals surface area contributed by atoms with Crippen LogP contribution < -0.4 is 5.32 Å². The summed E-state index contributed by atoms with van der Waals surface area (Å²) >= 11 is 0. The first kappa shape index (κ1) is 21.2. The van der Waals surface area contributed by atoms with Crippen molar-refractivity contribution >= 4 is 5.91 Å². The molecule has 3 aromatic carbocycles. The molecule has 5 nitrogen and oxygen atoms in total. The molecule has 2 heterocycles. The van der Waals surface area contributed by atoms with E-state index in [0.29, 0.717) is 12.1 Å². The molecule has 1 fully saturated rings. The Hall–Kier alpha value is -3.70. The highest BCUT2D eigenvalue weighted by Crippen LogP contribution is 2.23. The second kappa shape index (κ2) is 9.84. The Morgan fingerprint density at radius 1 is 0.848 bits per heavy atom. The highest BCUT2D eigenvalue weighted by atomic mass is 16.1. The van der Waals surface area contributed by atoms with Crippen molar-refractivity contribution in [3.63, 3.8) is 0 Å². The molecule has 1 N–H and O–H groups in total. The Morgan fingerprint density at radius 2 is 1.45 bits per heavy atom. The van der Waals surface area contributed by atoms with Gasteiger partial charge >= 0.3 is 0 Å². The van der Waals surface area contributed by atoms with E-state index < -0.39 is 0 Å². The van der Waals surface area contributed by atoms with Gasteiger partial charge in [-0.2, -0.15) is 5.10 Å². The van der Waals surface area contributed by atoms with Crippen molar-refractivity contribution in [2.24, 2.45) is 0 Å². The Bertz CT molecular complexity index is 1190. The molecule has 1 aromatic heterocycles. The molecule has 5 heteroatoms. The molecule has 5 rings (SSSR count). The first-order valence-corrected chi connectivity index (χ1v) is 11.5. The SMILES string of the molecule is O=C(NC1CCN(Cc2ccccc2)C1)c1cn(Cc2ccccc2)nc1-c1ccccc1. The van der Waals surface area contributed by atoms with Gasteiger partial charge in [0.25, 0.3) is 5.91 Å². The van der Waals surface area contributed by atoms with Crippen LogP contribution in [0.3, 0.4) is 0 Å². The molecule has 1 atom stereocenters. The van der Waals surface area contributed by atoms with Crippen molar-refractivity contribution in [1.29, 1.82) is 0 Å². The number of hydrogen-bond donors (Lipinski definition) is 1. The number of carbonyl (C=O) groups is 1. The normalized spacial score (nSPS) is 16.1. The number of likely N-dealkylation sites (tertiary alicyclic amines) is 1. The van der Waals surface area contributed by atoms with E-state index in [0.717, 1.165) is 42.9 Å². The molecule has 1 aliphatic heterocycles. The molecule has 1 unspecified atom stereocenters. The molecule has 0 radical (unpaired) electrons. The van der Waals surface area contributed by atoms with Gasteiger partial charge in [0, 0.05) is 37.4 Å². The summed E-state index contributed by atoms with van der Waals surface area (Å²) in [6.45, 7) is 3.39. The average Bonchev–Trinajstić information content (AvgIpc) is 3.48. The summed E-state index contributed by atoms with van der Waals surface area (Å²) in [7, 11) is 0. The maximum absolute atomic E-state index is 13.3. The van der Waals surface area contributed by atoms with Gasteiger partial charge in [-0.15, -0.1) is 0 Å². The van der Waals surface area contributed by atoms with E-state index in [1.54, 1.807) is 0 Å². The standard InChI is InChI=1S/C28H28N4O/c33-28(29-25-16-17-31(20-25)18-22-10-4-1-5-11-22)26-21-32(19-23-12-6-2-7-13-23)30-27(26)24-14-8-3-9-15-24/h1-15,21,25H,16-20H2,(H,29,33). The third-order valence-corrected chi connectivity index (χ3v) is 6.10. The minimum absolute atomic E-state index is 0.0558. The predicted molar refractivity (Wildman–Crippen MR) is 131 cm³/mol. The lowest BCUT2D eigenvalue weighted by Crippen LogP contribution is -2.37. The van der Waals surface area contributed by atoms with Gasteiger partial charge in [0.15, 0.2) is 0 Å². The van der Waals surface area contributed by atoms with E-state index in [4.69, 9.17) is 5.10 Å². The maximum atomic E-state index is 13.3. The Kier molecular flexibility index (Phi) is 6.31. The summed E-state index contributed by atoms with van der Waals surface area (Å²) in [4.78, 5) is 15.7. The molecule has 1 amide bonds. The van der Waals surface area contributed by atoms with Crippen molar-refractivity contribution in [2.45, 2.75) is 25.6 Å². The zero-order valence-electron chi connectivity index (χ0n) is 18.6. The van der Waals surface area contributed by atoms with Crippen LogP contribution in [-0.2, 0) is 13.1 Å². The Balaban J connectivity index is 1.31. The van der Waals surface area contributed by atoms with E-state index >= 15 is 0 Å². The number of aromatic nitrogens is 2. The number of carbonyl (C=O) groups excluding carboxylic acids is 1. The minimum Gasteiger partial charge on any atom is -0.348 e. The maximum Gasteiger partial charge on any atom is 0.255 e. The highest BCUT2D eigenvalue weighted by Gasteiger charge is 2.26.